The molecule has 1 fully saturated rings. The van der Waals surface area contributed by atoms with E-state index in [1.54, 1.807) is 36.7 Å². The number of benzene rings is 1. The normalized spacial score (nSPS) is 19.4. The number of hydrogen-bond acceptors (Lipinski definition) is 5. The molecule has 0 unspecified atom stereocenters. The second-order valence-electron chi connectivity index (χ2n) is 8.35. The summed E-state index contributed by atoms with van der Waals surface area (Å²) in [5.41, 5.74) is 0.444. The van der Waals surface area contributed by atoms with Gasteiger partial charge in [-0.1, -0.05) is 24.4 Å². The number of halogens is 1. The van der Waals surface area contributed by atoms with E-state index in [4.69, 9.17) is 16.3 Å². The van der Waals surface area contributed by atoms with Gasteiger partial charge in [-0.2, -0.15) is 0 Å². The maximum atomic E-state index is 12.9. The molecule has 7 nitrogen and oxygen atoms in total. The Labute approximate surface area is 187 Å². The van der Waals surface area contributed by atoms with Gasteiger partial charge in [-0.15, -0.1) is 0 Å². The Kier molecular flexibility index (Phi) is 6.70. The SMILES string of the molecule is O=C1NCC2(CCCCCOc3ccc(Cl)cc31)CCN(C(=O)c1ncccn1)CC2. The molecule has 1 saturated heterocycles. The molecule has 4 rings (SSSR count). The van der Waals surface area contributed by atoms with E-state index in [0.29, 0.717) is 42.6 Å². The molecule has 0 bridgehead atoms. The van der Waals surface area contributed by atoms with Crippen LogP contribution in [0.15, 0.2) is 36.7 Å². The molecule has 2 amide bonds. The Bertz CT molecular complexity index is 930. The predicted octanol–water partition coefficient (Wildman–Crippen LogP) is 3.74. The number of nitrogens with zero attached hydrogens (tertiary/aromatic N) is 3. The summed E-state index contributed by atoms with van der Waals surface area (Å²) in [6.45, 7) is 2.42. The van der Waals surface area contributed by atoms with Gasteiger partial charge in [-0.25, -0.2) is 9.97 Å². The first-order valence-corrected chi connectivity index (χ1v) is 11.2. The number of likely N-dealkylation sites (tertiary alicyclic amines) is 1. The fraction of sp³-hybridized carbons (Fsp3) is 0.478. The van der Waals surface area contributed by atoms with Crippen molar-refractivity contribution in [3.05, 3.63) is 53.1 Å². The highest BCUT2D eigenvalue weighted by Crippen LogP contribution is 2.37. The first-order valence-electron chi connectivity index (χ1n) is 10.8. The van der Waals surface area contributed by atoms with Crippen molar-refractivity contribution in [2.24, 2.45) is 5.41 Å². The Balaban J connectivity index is 1.46. The van der Waals surface area contributed by atoms with E-state index in [2.05, 4.69) is 15.3 Å². The van der Waals surface area contributed by atoms with Gasteiger partial charge in [0.25, 0.3) is 11.8 Å². The lowest BCUT2D eigenvalue weighted by molar-refractivity contribution is 0.0523. The number of aromatic nitrogens is 2. The van der Waals surface area contributed by atoms with Crippen molar-refractivity contribution in [3.8, 4) is 5.75 Å². The zero-order valence-corrected chi connectivity index (χ0v) is 18.2. The minimum Gasteiger partial charge on any atom is -0.493 e. The van der Waals surface area contributed by atoms with E-state index in [0.717, 1.165) is 38.5 Å². The molecule has 0 atom stereocenters. The molecule has 164 valence electrons. The van der Waals surface area contributed by atoms with Crippen molar-refractivity contribution >= 4 is 23.4 Å². The summed E-state index contributed by atoms with van der Waals surface area (Å²) < 4.78 is 5.83. The van der Waals surface area contributed by atoms with Gasteiger partial charge in [-0.3, -0.25) is 9.59 Å². The molecule has 8 heteroatoms. The van der Waals surface area contributed by atoms with Crippen LogP contribution in [0.5, 0.6) is 5.75 Å². The topological polar surface area (TPSA) is 84.4 Å². The summed E-state index contributed by atoms with van der Waals surface area (Å²) in [4.78, 5) is 35.6. The molecular weight excluding hydrogens is 416 g/mol. The first kappa shape index (κ1) is 21.6. The van der Waals surface area contributed by atoms with E-state index in [1.165, 1.54) is 0 Å². The van der Waals surface area contributed by atoms with Crippen LogP contribution in [0.4, 0.5) is 0 Å². The van der Waals surface area contributed by atoms with E-state index in [-0.39, 0.29) is 23.1 Å². The summed E-state index contributed by atoms with van der Waals surface area (Å²) in [7, 11) is 0. The van der Waals surface area contributed by atoms with E-state index >= 15 is 0 Å². The second-order valence-corrected chi connectivity index (χ2v) is 8.78. The molecule has 1 spiro atoms. The van der Waals surface area contributed by atoms with Gasteiger partial charge in [0.1, 0.15) is 5.75 Å². The summed E-state index contributed by atoms with van der Waals surface area (Å²) in [6.07, 6.45) is 8.94. The smallest absolute Gasteiger partial charge is 0.291 e. The number of rotatable bonds is 1. The van der Waals surface area contributed by atoms with Crippen molar-refractivity contribution in [1.82, 2.24) is 20.2 Å². The molecule has 0 aliphatic carbocycles. The number of hydrogen-bond donors (Lipinski definition) is 1. The standard InChI is InChI=1S/C23H27ClN4O3/c24-17-5-6-19-18(15-17)21(29)27-16-23(7-2-1-3-14-31-19)8-12-28(13-9-23)22(30)20-25-10-4-11-26-20/h4-6,10-11,15H,1-3,7-9,12-14,16H2,(H,27,29). The minimum atomic E-state index is -0.173. The van der Waals surface area contributed by atoms with E-state index in [1.807, 2.05) is 4.90 Å². The number of carbonyl (C=O) groups excluding carboxylic acids is 2. The monoisotopic (exact) mass is 442 g/mol. The molecule has 31 heavy (non-hydrogen) atoms. The fourth-order valence-corrected chi connectivity index (χ4v) is 4.55. The molecule has 1 aromatic carbocycles. The summed E-state index contributed by atoms with van der Waals surface area (Å²) in [5.74, 6) is 0.501. The van der Waals surface area contributed by atoms with E-state index in [9.17, 15) is 9.59 Å². The first-order chi connectivity index (χ1) is 15.1. The Hall–Kier alpha value is -2.67. The van der Waals surface area contributed by atoms with Gasteiger partial charge >= 0.3 is 0 Å². The van der Waals surface area contributed by atoms with Gasteiger partial charge in [0, 0.05) is 37.1 Å². The van der Waals surface area contributed by atoms with Crippen LogP contribution < -0.4 is 10.1 Å². The Morgan fingerprint density at radius 2 is 1.87 bits per heavy atom. The lowest BCUT2D eigenvalue weighted by Crippen LogP contribution is -2.48. The molecule has 2 aromatic rings. The molecule has 2 aliphatic rings. The summed E-state index contributed by atoms with van der Waals surface area (Å²) in [6, 6.07) is 6.86. The second kappa shape index (κ2) is 9.64. The van der Waals surface area contributed by atoms with Crippen LogP contribution in [0.2, 0.25) is 5.02 Å². The molecule has 1 aromatic heterocycles. The van der Waals surface area contributed by atoms with Crippen LogP contribution in [0.25, 0.3) is 0 Å². The third kappa shape index (κ3) is 5.15. The summed E-state index contributed by atoms with van der Waals surface area (Å²) >= 11 is 6.12. The van der Waals surface area contributed by atoms with Gasteiger partial charge < -0.3 is 15.0 Å². The molecule has 0 radical (unpaired) electrons. The largest absolute Gasteiger partial charge is 0.493 e. The van der Waals surface area contributed by atoms with Crippen molar-refractivity contribution in [2.45, 2.75) is 38.5 Å². The van der Waals surface area contributed by atoms with Gasteiger partial charge in [0.15, 0.2) is 0 Å². The van der Waals surface area contributed by atoms with Crippen LogP contribution in [-0.4, -0.2) is 52.9 Å². The van der Waals surface area contributed by atoms with Crippen molar-refractivity contribution in [3.63, 3.8) is 0 Å². The van der Waals surface area contributed by atoms with Crippen molar-refractivity contribution in [1.29, 1.82) is 0 Å². The number of carbonyl (C=O) groups is 2. The van der Waals surface area contributed by atoms with Crippen LogP contribution in [0.1, 0.15) is 59.5 Å². The van der Waals surface area contributed by atoms with Crippen molar-refractivity contribution < 1.29 is 14.3 Å². The number of nitrogens with one attached hydrogen (secondary N) is 1. The van der Waals surface area contributed by atoms with Gasteiger partial charge in [0.05, 0.1) is 12.2 Å². The maximum Gasteiger partial charge on any atom is 0.291 e. The zero-order chi connectivity index (χ0) is 21.7. The van der Waals surface area contributed by atoms with Crippen molar-refractivity contribution in [2.75, 3.05) is 26.2 Å². The third-order valence-corrected chi connectivity index (χ3v) is 6.52. The van der Waals surface area contributed by atoms with Crippen LogP contribution in [0, 0.1) is 5.41 Å². The molecule has 2 aliphatic heterocycles. The van der Waals surface area contributed by atoms with Crippen LogP contribution in [-0.2, 0) is 0 Å². The molecule has 3 heterocycles. The number of ether oxygens (including phenoxy) is 1. The summed E-state index contributed by atoms with van der Waals surface area (Å²) in [5, 5.41) is 3.62. The Morgan fingerprint density at radius 3 is 2.65 bits per heavy atom. The minimum absolute atomic E-state index is 0.0250. The lowest BCUT2D eigenvalue weighted by Gasteiger charge is -2.42. The van der Waals surface area contributed by atoms with Gasteiger partial charge in [-0.05, 0) is 55.4 Å². The van der Waals surface area contributed by atoms with Crippen LogP contribution >= 0.6 is 11.6 Å². The van der Waals surface area contributed by atoms with E-state index < -0.39 is 0 Å². The van der Waals surface area contributed by atoms with Crippen LogP contribution in [0.3, 0.4) is 0 Å². The fourth-order valence-electron chi connectivity index (χ4n) is 4.38. The third-order valence-electron chi connectivity index (χ3n) is 6.29. The zero-order valence-electron chi connectivity index (χ0n) is 17.5. The Morgan fingerprint density at radius 1 is 1.10 bits per heavy atom. The number of amides is 2. The quantitative estimate of drug-likeness (QED) is 0.727. The van der Waals surface area contributed by atoms with Gasteiger partial charge in [0.2, 0.25) is 5.82 Å². The molecular formula is C23H27ClN4O3. The molecule has 0 saturated carbocycles. The molecule has 1 N–H and O–H groups in total. The highest BCUT2D eigenvalue weighted by molar-refractivity contribution is 6.31. The predicted molar refractivity (Wildman–Crippen MR) is 117 cm³/mol. The highest BCUT2D eigenvalue weighted by atomic mass is 35.5. The average molecular weight is 443 g/mol. The number of fused-ring (bicyclic) bond motifs is 1. The number of piperidine rings is 1. The maximum absolute atomic E-state index is 12.9. The average Bonchev–Trinajstić information content (AvgIpc) is 2.80. The highest BCUT2D eigenvalue weighted by Gasteiger charge is 2.36. The lowest BCUT2D eigenvalue weighted by atomic mass is 9.74.